The van der Waals surface area contributed by atoms with Crippen molar-refractivity contribution in [2.45, 2.75) is 16.6 Å². The highest BCUT2D eigenvalue weighted by Gasteiger charge is 2.22. The van der Waals surface area contributed by atoms with Crippen LogP contribution in [0.4, 0.5) is 11.4 Å². The van der Waals surface area contributed by atoms with Crippen LogP contribution in [0.3, 0.4) is 0 Å². The van der Waals surface area contributed by atoms with E-state index in [2.05, 4.69) is 29.4 Å². The lowest BCUT2D eigenvalue weighted by Gasteiger charge is -2.09. The zero-order valence-electron chi connectivity index (χ0n) is 8.92. The van der Waals surface area contributed by atoms with Crippen LogP contribution >= 0.6 is 15.9 Å². The molecule has 0 saturated carbocycles. The minimum atomic E-state index is -3.53. The highest BCUT2D eigenvalue weighted by atomic mass is 79.9. The number of rotatable bonds is 4. The van der Waals surface area contributed by atoms with E-state index >= 15 is 0 Å². The third-order valence-electron chi connectivity index (χ3n) is 2.09. The number of hydrogen-bond acceptors (Lipinski definition) is 4. The smallest absolute Gasteiger partial charge is 0.210 e. The van der Waals surface area contributed by atoms with Gasteiger partial charge in [0.1, 0.15) is 16.3 Å². The molecule has 0 radical (unpaired) electrons. The highest BCUT2D eigenvalue weighted by Crippen LogP contribution is 2.37. The van der Waals surface area contributed by atoms with Gasteiger partial charge in [0.15, 0.2) is 0 Å². The number of benzene rings is 1. The van der Waals surface area contributed by atoms with Gasteiger partial charge in [0.25, 0.3) is 0 Å². The molecule has 1 aliphatic heterocycles. The minimum Gasteiger partial charge on any atom is -0.210 e. The minimum absolute atomic E-state index is 0.0741. The molecule has 0 aliphatic carbocycles. The molecule has 8 heteroatoms. The molecule has 1 atom stereocenters. The van der Waals surface area contributed by atoms with Gasteiger partial charge in [-0.1, -0.05) is 28.9 Å². The fourth-order valence-electron chi connectivity index (χ4n) is 1.30. The average molecular weight is 336 g/mol. The van der Waals surface area contributed by atoms with Crippen molar-refractivity contribution in [2.75, 3.05) is 6.54 Å². The van der Waals surface area contributed by atoms with Crippen molar-refractivity contribution in [3.63, 3.8) is 0 Å². The monoisotopic (exact) mass is 335 g/mol. The highest BCUT2D eigenvalue weighted by molar-refractivity contribution is 9.09. The van der Waals surface area contributed by atoms with Crippen LogP contribution in [0.1, 0.15) is 6.92 Å². The number of nitrogens with one attached hydrogen (secondary N) is 1. The maximum absolute atomic E-state index is 12.1. The molecule has 0 saturated heterocycles. The Morgan fingerprint density at radius 1 is 1.47 bits per heavy atom. The first kappa shape index (κ1) is 12.9. The number of hydrogen-bond donors (Lipinski definition) is 1. The summed E-state index contributed by atoms with van der Waals surface area (Å²) in [5.74, 6) is 0. The van der Waals surface area contributed by atoms with E-state index in [1.165, 1.54) is 6.07 Å². The van der Waals surface area contributed by atoms with Gasteiger partial charge in [-0.25, -0.2) is 13.1 Å². The second-order valence-corrected chi connectivity index (χ2v) is 7.35. The second-order valence-electron chi connectivity index (χ2n) is 3.52. The van der Waals surface area contributed by atoms with Crippen molar-refractivity contribution in [3.05, 3.63) is 18.2 Å². The largest absolute Gasteiger partial charge is 0.242 e. The molecule has 1 N–H and O–H groups in total. The SMILES string of the molecule is CC(Br)CNS(=O)(=O)c1cccc2c1N=S=N2. The molecule has 1 aliphatic rings. The quantitative estimate of drug-likeness (QED) is 0.872. The first-order valence-corrected chi connectivity index (χ1v) is 7.98. The van der Waals surface area contributed by atoms with Gasteiger partial charge in [-0.2, -0.15) is 8.73 Å². The van der Waals surface area contributed by atoms with Gasteiger partial charge >= 0.3 is 0 Å². The van der Waals surface area contributed by atoms with Crippen LogP contribution in [0.2, 0.25) is 0 Å². The Kier molecular flexibility index (Phi) is 3.76. The molecule has 92 valence electrons. The predicted molar refractivity (Wildman–Crippen MR) is 71.6 cm³/mol. The third kappa shape index (κ3) is 2.82. The summed E-state index contributed by atoms with van der Waals surface area (Å²) in [5.41, 5.74) is 1.02. The van der Waals surface area contributed by atoms with Gasteiger partial charge < -0.3 is 0 Å². The molecular formula is C9H10BrN3O2S2. The zero-order valence-corrected chi connectivity index (χ0v) is 12.1. The lowest BCUT2D eigenvalue weighted by atomic mass is 10.3. The van der Waals surface area contributed by atoms with Gasteiger partial charge in [0, 0.05) is 11.4 Å². The Balaban J connectivity index is 2.35. The maximum Gasteiger partial charge on any atom is 0.242 e. The topological polar surface area (TPSA) is 70.9 Å². The fraction of sp³-hybridized carbons (Fsp3) is 0.333. The van der Waals surface area contributed by atoms with E-state index < -0.39 is 10.0 Å². The third-order valence-corrected chi connectivity index (χ3v) is 4.41. The van der Waals surface area contributed by atoms with Crippen LogP contribution in [0.25, 0.3) is 0 Å². The molecule has 0 spiro atoms. The van der Waals surface area contributed by atoms with Crippen molar-refractivity contribution in [1.29, 1.82) is 0 Å². The van der Waals surface area contributed by atoms with Crippen molar-refractivity contribution in [2.24, 2.45) is 8.73 Å². The first-order valence-electron chi connectivity index (χ1n) is 4.86. The zero-order chi connectivity index (χ0) is 12.5. The van der Waals surface area contributed by atoms with Crippen LogP contribution < -0.4 is 4.72 Å². The van der Waals surface area contributed by atoms with Crippen LogP contribution in [0, 0.1) is 0 Å². The Morgan fingerprint density at radius 3 is 2.94 bits per heavy atom. The molecule has 1 aromatic rings. The van der Waals surface area contributed by atoms with Crippen LogP contribution in [-0.4, -0.2) is 19.8 Å². The number of sulfonamides is 1. The Hall–Kier alpha value is -0.570. The van der Waals surface area contributed by atoms with Crippen LogP contribution in [0.5, 0.6) is 0 Å². The number of alkyl halides is 1. The molecular weight excluding hydrogens is 326 g/mol. The Bertz CT molecular complexity index is 607. The number of halogens is 1. The molecule has 0 amide bonds. The van der Waals surface area contributed by atoms with Gasteiger partial charge in [-0.3, -0.25) is 0 Å². The summed E-state index contributed by atoms with van der Waals surface area (Å²) in [4.78, 5) is 0.252. The summed E-state index contributed by atoms with van der Waals surface area (Å²) in [6.07, 6.45) is 0. The number of fused-ring (bicyclic) bond motifs is 1. The summed E-state index contributed by atoms with van der Waals surface area (Å²) >= 11 is 4.30. The van der Waals surface area contributed by atoms with Crippen molar-refractivity contribution in [3.8, 4) is 0 Å². The first-order chi connectivity index (χ1) is 8.00. The molecule has 0 fully saturated rings. The van der Waals surface area contributed by atoms with Crippen molar-refractivity contribution < 1.29 is 8.42 Å². The second kappa shape index (κ2) is 4.97. The van der Waals surface area contributed by atoms with E-state index in [0.29, 0.717) is 17.9 Å². The molecule has 0 aromatic heterocycles. The van der Waals surface area contributed by atoms with E-state index in [4.69, 9.17) is 0 Å². The lowest BCUT2D eigenvalue weighted by Crippen LogP contribution is -2.28. The summed E-state index contributed by atoms with van der Waals surface area (Å²) in [7, 11) is -3.53. The van der Waals surface area contributed by atoms with Crippen molar-refractivity contribution in [1.82, 2.24) is 4.72 Å². The lowest BCUT2D eigenvalue weighted by molar-refractivity contribution is 0.582. The average Bonchev–Trinajstić information content (AvgIpc) is 2.74. The van der Waals surface area contributed by atoms with Crippen LogP contribution in [0.15, 0.2) is 31.8 Å². The summed E-state index contributed by atoms with van der Waals surface area (Å²) in [6, 6.07) is 4.94. The van der Waals surface area contributed by atoms with E-state index in [9.17, 15) is 8.42 Å². The molecule has 17 heavy (non-hydrogen) atoms. The van der Waals surface area contributed by atoms with Gasteiger partial charge in [0.05, 0.1) is 11.4 Å². The standard InChI is InChI=1S/C9H10BrN3O2S2/c1-6(10)5-11-17(14,15)8-4-2-3-7-9(8)13-16-12-7/h2-4,6,11H,5H2,1H3. The summed E-state index contributed by atoms with van der Waals surface area (Å²) in [5, 5.41) is 0. The van der Waals surface area contributed by atoms with E-state index in [-0.39, 0.29) is 9.72 Å². The normalized spacial score (nSPS) is 15.4. The van der Waals surface area contributed by atoms with E-state index in [1.54, 1.807) is 12.1 Å². The van der Waals surface area contributed by atoms with E-state index in [1.807, 2.05) is 6.92 Å². The Labute approximate surface area is 112 Å². The maximum atomic E-state index is 12.1. The predicted octanol–water partition coefficient (Wildman–Crippen LogP) is 2.47. The van der Waals surface area contributed by atoms with Crippen LogP contribution in [-0.2, 0) is 21.4 Å². The molecule has 2 rings (SSSR count). The molecule has 1 aromatic carbocycles. The Morgan fingerprint density at radius 2 is 2.24 bits per heavy atom. The summed E-state index contributed by atoms with van der Waals surface area (Å²) in [6.45, 7) is 2.20. The van der Waals surface area contributed by atoms with Crippen molar-refractivity contribution >= 4 is 48.7 Å². The molecule has 0 bridgehead atoms. The molecule has 1 heterocycles. The molecule has 1 unspecified atom stereocenters. The fourth-order valence-corrected chi connectivity index (χ4v) is 3.57. The van der Waals surface area contributed by atoms with Gasteiger partial charge in [-0.15, -0.1) is 0 Å². The van der Waals surface area contributed by atoms with Gasteiger partial charge in [0.2, 0.25) is 10.0 Å². The van der Waals surface area contributed by atoms with E-state index in [0.717, 1.165) is 11.4 Å². The number of nitrogens with zero attached hydrogens (tertiary/aromatic N) is 2. The summed E-state index contributed by atoms with van der Waals surface area (Å²) < 4.78 is 34.7. The molecule has 5 nitrogen and oxygen atoms in total. The van der Waals surface area contributed by atoms with Gasteiger partial charge in [-0.05, 0) is 12.1 Å².